The van der Waals surface area contributed by atoms with Crippen LogP contribution >= 0.6 is 0 Å². The summed E-state index contributed by atoms with van der Waals surface area (Å²) >= 11 is 0. The Morgan fingerprint density at radius 3 is 2.65 bits per heavy atom. The van der Waals surface area contributed by atoms with Crippen molar-refractivity contribution in [3.05, 3.63) is 35.9 Å². The molecule has 1 amide bonds. The summed E-state index contributed by atoms with van der Waals surface area (Å²) in [6.45, 7) is 4.57. The number of ether oxygens (including phenoxy) is 2. The van der Waals surface area contributed by atoms with Crippen LogP contribution in [0.2, 0.25) is 0 Å². The number of likely N-dealkylation sites (N-methyl/N-ethyl adjacent to an activating group) is 1. The van der Waals surface area contributed by atoms with Crippen LogP contribution in [0.15, 0.2) is 30.3 Å². The van der Waals surface area contributed by atoms with Crippen LogP contribution in [0.1, 0.15) is 24.8 Å². The molecule has 0 saturated heterocycles. The number of methoxy groups -OCH3 is 1. The van der Waals surface area contributed by atoms with E-state index in [1.165, 1.54) is 0 Å². The quantitative estimate of drug-likeness (QED) is 0.565. The van der Waals surface area contributed by atoms with Gasteiger partial charge in [-0.25, -0.2) is 0 Å². The maximum absolute atomic E-state index is 11.7. The van der Waals surface area contributed by atoms with Gasteiger partial charge in [-0.2, -0.15) is 0 Å². The van der Waals surface area contributed by atoms with E-state index in [9.17, 15) is 4.79 Å². The Kier molecular flexibility index (Phi) is 11.1. The van der Waals surface area contributed by atoms with Gasteiger partial charge >= 0.3 is 0 Å². The summed E-state index contributed by atoms with van der Waals surface area (Å²) in [6.07, 6.45) is 2.23. The zero-order valence-corrected chi connectivity index (χ0v) is 14.4. The van der Waals surface area contributed by atoms with E-state index in [1.54, 1.807) is 7.11 Å². The van der Waals surface area contributed by atoms with Crippen molar-refractivity contribution in [2.45, 2.75) is 25.9 Å². The predicted octanol–water partition coefficient (Wildman–Crippen LogP) is 2.07. The molecule has 0 fully saturated rings. The fourth-order valence-corrected chi connectivity index (χ4v) is 2.12. The van der Waals surface area contributed by atoms with Gasteiger partial charge in [0, 0.05) is 33.2 Å². The molecule has 23 heavy (non-hydrogen) atoms. The number of nitrogens with zero attached hydrogens (tertiary/aromatic N) is 1. The molecule has 0 spiro atoms. The van der Waals surface area contributed by atoms with E-state index in [4.69, 9.17) is 9.47 Å². The van der Waals surface area contributed by atoms with Crippen LogP contribution in [0.3, 0.4) is 0 Å². The molecule has 0 bridgehead atoms. The lowest BCUT2D eigenvalue weighted by Crippen LogP contribution is -2.29. The lowest BCUT2D eigenvalue weighted by atomic mass is 10.2. The smallest absolute Gasteiger partial charge is 0.220 e. The highest BCUT2D eigenvalue weighted by molar-refractivity contribution is 5.75. The largest absolute Gasteiger partial charge is 0.383 e. The third kappa shape index (κ3) is 10.8. The third-order valence-electron chi connectivity index (χ3n) is 3.52. The number of carbonyl (C=O) groups excluding carboxylic acids is 1. The first-order valence-electron chi connectivity index (χ1n) is 8.28. The molecular weight excluding hydrogens is 292 g/mol. The predicted molar refractivity (Wildman–Crippen MR) is 92.3 cm³/mol. The minimum atomic E-state index is 0.104. The summed E-state index contributed by atoms with van der Waals surface area (Å²) in [5, 5.41) is 2.95. The number of carbonyl (C=O) groups is 1. The van der Waals surface area contributed by atoms with Crippen molar-refractivity contribution in [1.29, 1.82) is 0 Å². The van der Waals surface area contributed by atoms with E-state index in [-0.39, 0.29) is 5.91 Å². The lowest BCUT2D eigenvalue weighted by molar-refractivity contribution is -0.121. The van der Waals surface area contributed by atoms with Crippen molar-refractivity contribution < 1.29 is 14.3 Å². The molecule has 1 aromatic carbocycles. The first-order valence-corrected chi connectivity index (χ1v) is 8.28. The van der Waals surface area contributed by atoms with E-state index in [2.05, 4.69) is 17.3 Å². The van der Waals surface area contributed by atoms with Gasteiger partial charge in [-0.05, 0) is 32.0 Å². The van der Waals surface area contributed by atoms with Crippen molar-refractivity contribution >= 4 is 5.91 Å². The number of hydrogen-bond donors (Lipinski definition) is 1. The van der Waals surface area contributed by atoms with Crippen LogP contribution < -0.4 is 5.32 Å². The molecule has 130 valence electrons. The van der Waals surface area contributed by atoms with E-state index in [0.29, 0.717) is 19.6 Å². The van der Waals surface area contributed by atoms with Gasteiger partial charge in [0.05, 0.1) is 13.2 Å². The number of amides is 1. The number of benzene rings is 1. The Hall–Kier alpha value is -1.43. The zero-order chi connectivity index (χ0) is 16.8. The fraction of sp³-hybridized carbons (Fsp3) is 0.611. The van der Waals surface area contributed by atoms with Crippen LogP contribution in [0.5, 0.6) is 0 Å². The second-order valence-corrected chi connectivity index (χ2v) is 5.64. The Morgan fingerprint density at radius 1 is 1.13 bits per heavy atom. The molecule has 5 heteroatoms. The maximum atomic E-state index is 11.7. The van der Waals surface area contributed by atoms with Gasteiger partial charge in [-0.3, -0.25) is 4.79 Å². The molecule has 0 radical (unpaired) electrons. The Balaban J connectivity index is 1.92. The minimum absolute atomic E-state index is 0.104. The molecule has 0 aromatic heterocycles. The number of nitrogens with one attached hydrogen (secondary N) is 1. The van der Waals surface area contributed by atoms with E-state index in [1.807, 2.05) is 30.3 Å². The zero-order valence-electron chi connectivity index (χ0n) is 14.4. The Morgan fingerprint density at radius 2 is 1.91 bits per heavy atom. The van der Waals surface area contributed by atoms with E-state index in [0.717, 1.165) is 44.6 Å². The molecular formula is C18H30N2O3. The van der Waals surface area contributed by atoms with Gasteiger partial charge in [-0.1, -0.05) is 30.3 Å². The Bertz CT molecular complexity index is 412. The summed E-state index contributed by atoms with van der Waals surface area (Å²) in [7, 11) is 3.77. The Labute approximate surface area is 140 Å². The first-order chi connectivity index (χ1) is 11.2. The standard InChI is InChI=1S/C18H30N2O3/c1-20(13-15-22-2)12-7-11-19-18(21)10-6-14-23-16-17-8-4-3-5-9-17/h3-5,8-9H,6-7,10-16H2,1-2H3,(H,19,21). The molecule has 0 aliphatic heterocycles. The summed E-state index contributed by atoms with van der Waals surface area (Å²) in [5.74, 6) is 0.104. The van der Waals surface area contributed by atoms with Gasteiger partial charge in [0.2, 0.25) is 5.91 Å². The van der Waals surface area contributed by atoms with Crippen molar-refractivity contribution in [1.82, 2.24) is 10.2 Å². The highest BCUT2D eigenvalue weighted by Gasteiger charge is 2.02. The third-order valence-corrected chi connectivity index (χ3v) is 3.52. The average molecular weight is 322 g/mol. The summed E-state index contributed by atoms with van der Waals surface area (Å²) in [4.78, 5) is 13.9. The SMILES string of the molecule is COCCN(C)CCCNC(=O)CCCOCc1ccccc1. The summed E-state index contributed by atoms with van der Waals surface area (Å²) in [6, 6.07) is 10.1. The van der Waals surface area contributed by atoms with Gasteiger partial charge in [0.25, 0.3) is 0 Å². The maximum Gasteiger partial charge on any atom is 0.220 e. The molecule has 0 unspecified atom stereocenters. The van der Waals surface area contributed by atoms with Crippen LogP contribution in [-0.4, -0.2) is 57.8 Å². The molecule has 0 atom stereocenters. The summed E-state index contributed by atoms with van der Waals surface area (Å²) < 4.78 is 10.6. The number of rotatable bonds is 13. The van der Waals surface area contributed by atoms with Crippen LogP contribution in [0, 0.1) is 0 Å². The second kappa shape index (κ2) is 13.0. The van der Waals surface area contributed by atoms with Crippen LogP contribution in [0.25, 0.3) is 0 Å². The topological polar surface area (TPSA) is 50.8 Å². The van der Waals surface area contributed by atoms with Crippen molar-refractivity contribution in [3.8, 4) is 0 Å². The van der Waals surface area contributed by atoms with Crippen molar-refractivity contribution in [2.75, 3.05) is 47.0 Å². The fourth-order valence-electron chi connectivity index (χ4n) is 2.12. The number of hydrogen-bond acceptors (Lipinski definition) is 4. The van der Waals surface area contributed by atoms with Crippen LogP contribution in [0.4, 0.5) is 0 Å². The molecule has 1 rings (SSSR count). The average Bonchev–Trinajstić information content (AvgIpc) is 2.57. The van der Waals surface area contributed by atoms with E-state index < -0.39 is 0 Å². The molecule has 0 saturated carbocycles. The van der Waals surface area contributed by atoms with Crippen LogP contribution in [-0.2, 0) is 20.9 Å². The normalized spacial score (nSPS) is 10.9. The molecule has 0 aliphatic carbocycles. The molecule has 0 aliphatic rings. The monoisotopic (exact) mass is 322 g/mol. The molecule has 1 aromatic rings. The van der Waals surface area contributed by atoms with Gasteiger partial charge < -0.3 is 19.7 Å². The van der Waals surface area contributed by atoms with Gasteiger partial charge in [-0.15, -0.1) is 0 Å². The molecule has 5 nitrogen and oxygen atoms in total. The van der Waals surface area contributed by atoms with Crippen molar-refractivity contribution in [3.63, 3.8) is 0 Å². The van der Waals surface area contributed by atoms with E-state index >= 15 is 0 Å². The van der Waals surface area contributed by atoms with Crippen molar-refractivity contribution in [2.24, 2.45) is 0 Å². The van der Waals surface area contributed by atoms with Gasteiger partial charge in [0.1, 0.15) is 0 Å². The molecule has 0 heterocycles. The highest BCUT2D eigenvalue weighted by Crippen LogP contribution is 2.01. The first kappa shape index (κ1) is 19.6. The second-order valence-electron chi connectivity index (χ2n) is 5.64. The minimum Gasteiger partial charge on any atom is -0.383 e. The molecule has 1 N–H and O–H groups in total. The highest BCUT2D eigenvalue weighted by atomic mass is 16.5. The lowest BCUT2D eigenvalue weighted by Gasteiger charge is -2.15. The van der Waals surface area contributed by atoms with Gasteiger partial charge in [0.15, 0.2) is 0 Å². The summed E-state index contributed by atoms with van der Waals surface area (Å²) in [5.41, 5.74) is 1.16.